The molecule has 0 aliphatic rings. The fourth-order valence-corrected chi connectivity index (χ4v) is 0.950. The number of benzene rings is 1. The average molecular weight is 233 g/mol. The molecule has 1 aromatic carbocycles. The third-order valence-electron chi connectivity index (χ3n) is 1.75. The van der Waals surface area contributed by atoms with E-state index in [0.29, 0.717) is 6.07 Å². The molecule has 0 aliphatic carbocycles. The van der Waals surface area contributed by atoms with Gasteiger partial charge < -0.3 is 15.9 Å². The molecule has 7 heteroatoms. The summed E-state index contributed by atoms with van der Waals surface area (Å²) in [6, 6.07) is 0.492. The smallest absolute Gasteiger partial charge is 0.355 e. The van der Waals surface area contributed by atoms with E-state index in [1.807, 2.05) is 0 Å². The van der Waals surface area contributed by atoms with Gasteiger partial charge in [-0.1, -0.05) is 0 Å². The van der Waals surface area contributed by atoms with E-state index in [-0.39, 0.29) is 6.07 Å². The Kier molecular flexibility index (Phi) is 3.07. The topological polar surface area (TPSA) is 83.6 Å². The molecule has 4 nitrogen and oxygen atoms in total. The minimum atomic E-state index is -1.71. The molecule has 0 saturated heterocycles. The molecule has 0 spiro atoms. The number of hydrogen-bond donors (Lipinski definition) is 3. The molecule has 0 atom stereocenters. The van der Waals surface area contributed by atoms with Crippen LogP contribution in [-0.2, 0) is 4.79 Å². The molecule has 0 amide bonds. The van der Waals surface area contributed by atoms with Crippen molar-refractivity contribution >= 4 is 11.7 Å². The van der Waals surface area contributed by atoms with Gasteiger partial charge in [-0.3, -0.25) is 0 Å². The minimum Gasteiger partial charge on any atom is -0.505 e. The van der Waals surface area contributed by atoms with Crippen LogP contribution in [-0.4, -0.2) is 16.2 Å². The second kappa shape index (κ2) is 4.13. The van der Waals surface area contributed by atoms with E-state index in [1.54, 1.807) is 0 Å². The Labute approximate surface area is 87.4 Å². The second-order valence-electron chi connectivity index (χ2n) is 2.81. The molecule has 16 heavy (non-hydrogen) atoms. The first kappa shape index (κ1) is 11.9. The Morgan fingerprint density at radius 2 is 1.56 bits per heavy atom. The highest BCUT2D eigenvalue weighted by atomic mass is 19.2. The van der Waals surface area contributed by atoms with Gasteiger partial charge in [0.15, 0.2) is 23.1 Å². The summed E-state index contributed by atoms with van der Waals surface area (Å²) in [7, 11) is 0. The van der Waals surface area contributed by atoms with Gasteiger partial charge in [0, 0.05) is 6.07 Å². The van der Waals surface area contributed by atoms with Crippen molar-refractivity contribution in [2.75, 3.05) is 0 Å². The van der Waals surface area contributed by atoms with Gasteiger partial charge in [-0.05, 0) is 6.07 Å². The van der Waals surface area contributed by atoms with Crippen LogP contribution < -0.4 is 5.73 Å². The number of rotatable bonds is 2. The Morgan fingerprint density at radius 1 is 1.06 bits per heavy atom. The van der Waals surface area contributed by atoms with Crippen LogP contribution >= 0.6 is 0 Å². The monoisotopic (exact) mass is 233 g/mol. The molecule has 86 valence electrons. The van der Waals surface area contributed by atoms with E-state index in [9.17, 15) is 23.1 Å². The average Bonchev–Trinajstić information content (AvgIpc) is 2.21. The van der Waals surface area contributed by atoms with E-state index in [2.05, 4.69) is 0 Å². The molecule has 0 aromatic heterocycles. The maximum atomic E-state index is 13.1. The number of nitrogens with two attached hydrogens (primary N) is 1. The molecular weight excluding hydrogens is 227 g/mol. The van der Waals surface area contributed by atoms with Crippen molar-refractivity contribution in [1.29, 1.82) is 0 Å². The maximum Gasteiger partial charge on any atom is 0.355 e. The number of carboxylic acids is 1. The van der Waals surface area contributed by atoms with Crippen LogP contribution in [0.25, 0.3) is 5.76 Å². The molecule has 0 bridgehead atoms. The first-order valence-electron chi connectivity index (χ1n) is 3.91. The molecule has 0 heterocycles. The fourth-order valence-electron chi connectivity index (χ4n) is 0.950. The Morgan fingerprint density at radius 3 is 2.06 bits per heavy atom. The molecule has 0 unspecified atom stereocenters. The van der Waals surface area contributed by atoms with Gasteiger partial charge in [0.05, 0.1) is 5.56 Å². The van der Waals surface area contributed by atoms with Crippen LogP contribution in [0.15, 0.2) is 17.8 Å². The summed E-state index contributed by atoms with van der Waals surface area (Å²) in [5, 5.41) is 17.6. The first-order valence-corrected chi connectivity index (χ1v) is 3.91. The highest BCUT2D eigenvalue weighted by Gasteiger charge is 2.18. The van der Waals surface area contributed by atoms with E-state index >= 15 is 0 Å². The number of carbonyl (C=O) groups is 1. The van der Waals surface area contributed by atoms with E-state index < -0.39 is 40.4 Å². The summed E-state index contributed by atoms with van der Waals surface area (Å²) in [6.07, 6.45) is 0. The van der Waals surface area contributed by atoms with Crippen molar-refractivity contribution in [1.82, 2.24) is 0 Å². The summed E-state index contributed by atoms with van der Waals surface area (Å²) in [5.74, 6) is -7.07. The predicted octanol–water partition coefficient (Wildman–Crippen LogP) is 1.37. The van der Waals surface area contributed by atoms with Crippen molar-refractivity contribution in [2.24, 2.45) is 5.73 Å². The Bertz CT molecular complexity index is 485. The minimum absolute atomic E-state index is 0.177. The van der Waals surface area contributed by atoms with Gasteiger partial charge in [0.2, 0.25) is 0 Å². The molecule has 0 aliphatic heterocycles. The highest BCUT2D eigenvalue weighted by molar-refractivity contribution is 5.93. The zero-order valence-corrected chi connectivity index (χ0v) is 7.67. The van der Waals surface area contributed by atoms with E-state index in [0.717, 1.165) is 0 Å². The SMILES string of the molecule is N/C(C(=O)O)=C(\O)c1cc(F)c(F)cc1F. The van der Waals surface area contributed by atoms with E-state index in [4.69, 9.17) is 10.8 Å². The largest absolute Gasteiger partial charge is 0.505 e. The third-order valence-corrected chi connectivity index (χ3v) is 1.75. The first-order chi connectivity index (χ1) is 7.34. The molecule has 1 rings (SSSR count). The maximum absolute atomic E-state index is 13.1. The number of aliphatic hydroxyl groups excluding tert-OH is 1. The van der Waals surface area contributed by atoms with Crippen molar-refractivity contribution in [2.45, 2.75) is 0 Å². The zero-order valence-electron chi connectivity index (χ0n) is 7.67. The van der Waals surface area contributed by atoms with Crippen molar-refractivity contribution in [3.8, 4) is 0 Å². The van der Waals surface area contributed by atoms with Gasteiger partial charge in [-0.2, -0.15) is 0 Å². The summed E-state index contributed by atoms with van der Waals surface area (Å²) in [6.45, 7) is 0. The number of carboxylic acid groups (broad SMARTS) is 1. The summed E-state index contributed by atoms with van der Waals surface area (Å²) >= 11 is 0. The van der Waals surface area contributed by atoms with Gasteiger partial charge in [-0.15, -0.1) is 0 Å². The third kappa shape index (κ3) is 2.08. The molecular formula is C9H6F3NO3. The lowest BCUT2D eigenvalue weighted by Crippen LogP contribution is -2.13. The van der Waals surface area contributed by atoms with Crippen LogP contribution in [0.2, 0.25) is 0 Å². The van der Waals surface area contributed by atoms with Crippen LogP contribution in [0, 0.1) is 17.5 Å². The lowest BCUT2D eigenvalue weighted by Gasteiger charge is -2.05. The number of halogens is 3. The van der Waals surface area contributed by atoms with E-state index in [1.165, 1.54) is 0 Å². The van der Waals surface area contributed by atoms with Crippen LogP contribution in [0.3, 0.4) is 0 Å². The predicted molar refractivity (Wildman–Crippen MR) is 47.7 cm³/mol. The fraction of sp³-hybridized carbons (Fsp3) is 0. The summed E-state index contributed by atoms with van der Waals surface area (Å²) in [4.78, 5) is 10.3. The van der Waals surface area contributed by atoms with Crippen LogP contribution in [0.1, 0.15) is 5.56 Å². The molecule has 0 saturated carbocycles. The number of hydrogen-bond acceptors (Lipinski definition) is 3. The quantitative estimate of drug-likeness (QED) is 0.409. The van der Waals surface area contributed by atoms with Crippen LogP contribution in [0.4, 0.5) is 13.2 Å². The normalized spacial score (nSPS) is 12.2. The zero-order chi connectivity index (χ0) is 12.5. The lowest BCUT2D eigenvalue weighted by molar-refractivity contribution is -0.132. The van der Waals surface area contributed by atoms with Gasteiger partial charge in [0.1, 0.15) is 5.82 Å². The van der Waals surface area contributed by atoms with Gasteiger partial charge in [-0.25, -0.2) is 18.0 Å². The summed E-state index contributed by atoms with van der Waals surface area (Å²) in [5.41, 5.74) is 3.01. The van der Waals surface area contributed by atoms with Crippen molar-refractivity contribution in [3.63, 3.8) is 0 Å². The van der Waals surface area contributed by atoms with Gasteiger partial charge in [0.25, 0.3) is 0 Å². The number of aliphatic carboxylic acids is 1. The molecule has 4 N–H and O–H groups in total. The Balaban J connectivity index is 3.40. The Hall–Kier alpha value is -2.18. The molecule has 1 aromatic rings. The molecule has 0 radical (unpaired) electrons. The van der Waals surface area contributed by atoms with Crippen LogP contribution in [0.5, 0.6) is 0 Å². The second-order valence-corrected chi connectivity index (χ2v) is 2.81. The van der Waals surface area contributed by atoms with Gasteiger partial charge >= 0.3 is 5.97 Å². The molecule has 0 fully saturated rings. The van der Waals surface area contributed by atoms with Crippen molar-refractivity contribution in [3.05, 3.63) is 40.8 Å². The standard InChI is InChI=1S/C9H6F3NO3/c10-4-2-6(12)5(11)1-3(4)8(14)7(13)9(15)16/h1-2,14H,13H2,(H,15,16)/b8-7-. The van der Waals surface area contributed by atoms with Crippen molar-refractivity contribution < 1.29 is 28.2 Å². The summed E-state index contributed by atoms with van der Waals surface area (Å²) < 4.78 is 38.3. The lowest BCUT2D eigenvalue weighted by atomic mass is 10.1. The number of aliphatic hydroxyl groups is 1. The highest BCUT2D eigenvalue weighted by Crippen LogP contribution is 2.20.